The number of esters is 1. The Morgan fingerprint density at radius 3 is 2.58 bits per heavy atom. The summed E-state index contributed by atoms with van der Waals surface area (Å²) in [4.78, 5) is 33.5. The van der Waals surface area contributed by atoms with Gasteiger partial charge in [-0.25, -0.2) is 13.6 Å². The van der Waals surface area contributed by atoms with E-state index in [2.05, 4.69) is 4.74 Å². The molecule has 0 bridgehead atoms. The zero-order valence-corrected chi connectivity index (χ0v) is 12.0. The zero-order valence-electron chi connectivity index (χ0n) is 12.0. The summed E-state index contributed by atoms with van der Waals surface area (Å²) < 4.78 is 31.0. The normalized spacial score (nSPS) is 10.1. The first kappa shape index (κ1) is 17.0. The summed E-state index contributed by atoms with van der Waals surface area (Å²) >= 11 is 0. The monoisotopic (exact) mass is 336 g/mol. The Kier molecular flexibility index (Phi) is 5.15. The summed E-state index contributed by atoms with van der Waals surface area (Å²) in [5.41, 5.74) is -1.21. The molecule has 24 heavy (non-hydrogen) atoms. The minimum Gasteiger partial charge on any atom is -0.452 e. The topological polar surface area (TPSA) is 98.5 Å². The van der Waals surface area contributed by atoms with E-state index in [1.165, 1.54) is 18.2 Å². The second-order valence-electron chi connectivity index (χ2n) is 4.52. The molecule has 0 unspecified atom stereocenters. The highest BCUT2D eigenvalue weighted by molar-refractivity contribution is 5.97. The fraction of sp³-hybridized carbons (Fsp3) is 0.0667. The molecule has 0 heterocycles. The van der Waals surface area contributed by atoms with E-state index in [0.717, 1.165) is 24.3 Å². The minimum atomic E-state index is -1.09. The average Bonchev–Trinajstić information content (AvgIpc) is 2.56. The van der Waals surface area contributed by atoms with Gasteiger partial charge in [0.1, 0.15) is 17.2 Å². The van der Waals surface area contributed by atoms with Crippen LogP contribution >= 0.6 is 0 Å². The van der Waals surface area contributed by atoms with Crippen LogP contribution in [-0.4, -0.2) is 23.4 Å². The van der Waals surface area contributed by atoms with Crippen molar-refractivity contribution >= 4 is 23.3 Å². The van der Waals surface area contributed by atoms with Crippen LogP contribution in [0.5, 0.6) is 0 Å². The van der Waals surface area contributed by atoms with E-state index in [-0.39, 0.29) is 5.56 Å². The highest BCUT2D eigenvalue weighted by Gasteiger charge is 2.21. The number of para-hydroxylation sites is 1. The predicted octanol–water partition coefficient (Wildman–Crippen LogP) is 2.67. The molecule has 2 rings (SSSR count). The molecule has 0 aliphatic rings. The Morgan fingerprint density at radius 1 is 1.17 bits per heavy atom. The van der Waals surface area contributed by atoms with E-state index in [1.807, 2.05) is 5.32 Å². The Balaban J connectivity index is 2.00. The van der Waals surface area contributed by atoms with Gasteiger partial charge in [-0.2, -0.15) is 0 Å². The van der Waals surface area contributed by atoms with Gasteiger partial charge in [-0.05, 0) is 18.2 Å². The lowest BCUT2D eigenvalue weighted by Crippen LogP contribution is -2.22. The van der Waals surface area contributed by atoms with Crippen molar-refractivity contribution in [3.05, 3.63) is 69.8 Å². The average molecular weight is 336 g/mol. The van der Waals surface area contributed by atoms with Gasteiger partial charge in [0, 0.05) is 12.1 Å². The van der Waals surface area contributed by atoms with Crippen molar-refractivity contribution in [3.8, 4) is 0 Å². The molecule has 0 aromatic heterocycles. The number of ether oxygens (including phenoxy) is 1. The van der Waals surface area contributed by atoms with Crippen LogP contribution in [0, 0.1) is 21.7 Å². The molecule has 0 aliphatic heterocycles. The molecule has 0 aliphatic carbocycles. The maximum atomic E-state index is 13.4. The first-order chi connectivity index (χ1) is 11.4. The summed E-state index contributed by atoms with van der Waals surface area (Å²) in [6, 6.07) is 7.50. The van der Waals surface area contributed by atoms with E-state index >= 15 is 0 Å². The molecular formula is C15H10F2N2O5. The molecule has 0 fully saturated rings. The van der Waals surface area contributed by atoms with Gasteiger partial charge in [-0.1, -0.05) is 12.1 Å². The molecule has 1 N–H and O–H groups in total. The lowest BCUT2D eigenvalue weighted by molar-refractivity contribution is -0.385. The third-order valence-electron chi connectivity index (χ3n) is 2.86. The van der Waals surface area contributed by atoms with Crippen LogP contribution in [0.1, 0.15) is 10.4 Å². The minimum absolute atomic E-state index is 0.327. The zero-order chi connectivity index (χ0) is 17.7. The number of anilines is 1. The number of carbonyl (C=O) groups excluding carboxylic acids is 2. The number of hydrogen-bond donors (Lipinski definition) is 1. The number of rotatable bonds is 5. The summed E-state index contributed by atoms with van der Waals surface area (Å²) in [7, 11) is 0. The number of nitro groups is 1. The van der Waals surface area contributed by atoms with E-state index < -0.39 is 46.4 Å². The lowest BCUT2D eigenvalue weighted by Gasteiger charge is -2.07. The number of nitrogens with zero attached hydrogens (tertiary/aromatic N) is 1. The molecule has 0 saturated heterocycles. The highest BCUT2D eigenvalue weighted by Crippen LogP contribution is 2.19. The van der Waals surface area contributed by atoms with E-state index in [4.69, 9.17) is 0 Å². The molecular weight excluding hydrogens is 326 g/mol. The Morgan fingerprint density at radius 2 is 1.88 bits per heavy atom. The van der Waals surface area contributed by atoms with Gasteiger partial charge in [0.25, 0.3) is 11.6 Å². The van der Waals surface area contributed by atoms with E-state index in [1.54, 1.807) is 0 Å². The number of carbonyl (C=O) groups is 2. The van der Waals surface area contributed by atoms with E-state index in [0.29, 0.717) is 0 Å². The highest BCUT2D eigenvalue weighted by atomic mass is 19.1. The second-order valence-corrected chi connectivity index (χ2v) is 4.52. The molecule has 2 aromatic carbocycles. The van der Waals surface area contributed by atoms with Crippen LogP contribution in [0.15, 0.2) is 42.5 Å². The number of hydrogen-bond acceptors (Lipinski definition) is 5. The fourth-order valence-corrected chi connectivity index (χ4v) is 1.79. The largest absolute Gasteiger partial charge is 0.452 e. The maximum absolute atomic E-state index is 13.4. The molecule has 9 heteroatoms. The molecule has 2 aromatic rings. The van der Waals surface area contributed by atoms with Crippen molar-refractivity contribution < 1.29 is 28.0 Å². The standard InChI is InChI=1S/C15H10F2N2O5/c16-9-5-6-11(17)12(7-9)18-14(20)8-24-15(21)10-3-1-2-4-13(10)19(22)23/h1-7H,8H2,(H,18,20). The van der Waals surface area contributed by atoms with Crippen molar-refractivity contribution in [1.82, 2.24) is 0 Å². The third-order valence-corrected chi connectivity index (χ3v) is 2.86. The first-order valence-corrected chi connectivity index (χ1v) is 6.54. The van der Waals surface area contributed by atoms with Crippen molar-refractivity contribution in [1.29, 1.82) is 0 Å². The van der Waals surface area contributed by atoms with Crippen LogP contribution in [-0.2, 0) is 9.53 Å². The smallest absolute Gasteiger partial charge is 0.345 e. The van der Waals surface area contributed by atoms with Crippen LogP contribution in [0.2, 0.25) is 0 Å². The van der Waals surface area contributed by atoms with Crippen LogP contribution in [0.4, 0.5) is 20.2 Å². The van der Waals surface area contributed by atoms with Gasteiger partial charge in [0.05, 0.1) is 10.6 Å². The van der Waals surface area contributed by atoms with Crippen molar-refractivity contribution in [2.75, 3.05) is 11.9 Å². The van der Waals surface area contributed by atoms with Crippen molar-refractivity contribution in [3.63, 3.8) is 0 Å². The lowest BCUT2D eigenvalue weighted by atomic mass is 10.2. The van der Waals surface area contributed by atoms with Gasteiger partial charge in [-0.3, -0.25) is 14.9 Å². The molecule has 1 amide bonds. The Hall–Kier alpha value is -3.36. The molecule has 0 spiro atoms. The fourth-order valence-electron chi connectivity index (χ4n) is 1.79. The maximum Gasteiger partial charge on any atom is 0.345 e. The summed E-state index contributed by atoms with van der Waals surface area (Å²) in [5, 5.41) is 12.8. The van der Waals surface area contributed by atoms with Crippen molar-refractivity contribution in [2.45, 2.75) is 0 Å². The molecule has 0 radical (unpaired) electrons. The number of halogens is 2. The molecule has 124 valence electrons. The van der Waals surface area contributed by atoms with Gasteiger partial charge in [0.15, 0.2) is 6.61 Å². The molecule has 0 saturated carbocycles. The van der Waals surface area contributed by atoms with Gasteiger partial charge in [0.2, 0.25) is 0 Å². The van der Waals surface area contributed by atoms with Gasteiger partial charge < -0.3 is 10.1 Å². The van der Waals surface area contributed by atoms with Crippen LogP contribution < -0.4 is 5.32 Å². The summed E-state index contributed by atoms with van der Waals surface area (Å²) in [6.07, 6.45) is 0. The van der Waals surface area contributed by atoms with Gasteiger partial charge >= 0.3 is 5.97 Å². The third kappa shape index (κ3) is 4.09. The first-order valence-electron chi connectivity index (χ1n) is 6.54. The quantitative estimate of drug-likeness (QED) is 0.514. The number of amides is 1. The molecule has 7 nitrogen and oxygen atoms in total. The summed E-state index contributed by atoms with van der Waals surface area (Å²) in [5.74, 6) is -3.64. The number of nitrogens with one attached hydrogen (secondary N) is 1. The van der Waals surface area contributed by atoms with Crippen molar-refractivity contribution in [2.24, 2.45) is 0 Å². The van der Waals surface area contributed by atoms with E-state index in [9.17, 15) is 28.5 Å². The van der Waals surface area contributed by atoms with Crippen LogP contribution in [0.25, 0.3) is 0 Å². The van der Waals surface area contributed by atoms with Crippen LogP contribution in [0.3, 0.4) is 0 Å². The Bertz CT molecular complexity index is 810. The Labute approximate surface area is 134 Å². The molecule has 0 atom stereocenters. The second kappa shape index (κ2) is 7.27. The number of nitro benzene ring substituents is 1. The number of benzene rings is 2. The predicted molar refractivity (Wildman–Crippen MR) is 78.4 cm³/mol. The van der Waals surface area contributed by atoms with Gasteiger partial charge in [-0.15, -0.1) is 0 Å². The summed E-state index contributed by atoms with van der Waals surface area (Å²) in [6.45, 7) is -0.819. The SMILES string of the molecule is O=C(COC(=O)c1ccccc1[N+](=O)[O-])Nc1cc(F)ccc1F.